The quantitative estimate of drug-likeness (QED) is 0.495. The summed E-state index contributed by atoms with van der Waals surface area (Å²) >= 11 is 4.34. The fourth-order valence-electron chi connectivity index (χ4n) is 3.83. The lowest BCUT2D eigenvalue weighted by molar-refractivity contribution is -0.136. The second kappa shape index (κ2) is 10.7. The van der Waals surface area contributed by atoms with Crippen LogP contribution < -0.4 is 9.64 Å². The molecule has 2 aromatic carbocycles. The molecule has 0 N–H and O–H groups in total. The predicted octanol–water partition coefficient (Wildman–Crippen LogP) is 4.62. The van der Waals surface area contributed by atoms with Crippen molar-refractivity contribution >= 4 is 56.5 Å². The Morgan fingerprint density at radius 1 is 1.09 bits per heavy atom. The van der Waals surface area contributed by atoms with Crippen LogP contribution in [0.5, 0.6) is 5.75 Å². The van der Waals surface area contributed by atoms with Crippen molar-refractivity contribution in [1.82, 2.24) is 9.80 Å². The fourth-order valence-corrected chi connectivity index (χ4v) is 5.16. The third kappa shape index (κ3) is 5.64. The zero-order valence-electron chi connectivity index (χ0n) is 19.1. The van der Waals surface area contributed by atoms with Gasteiger partial charge in [0.05, 0.1) is 15.5 Å². The van der Waals surface area contributed by atoms with Crippen LogP contribution >= 0.6 is 27.7 Å². The Bertz CT molecular complexity index is 1110. The number of imide groups is 1. The highest BCUT2D eigenvalue weighted by molar-refractivity contribution is 9.10. The second-order valence-electron chi connectivity index (χ2n) is 8.33. The van der Waals surface area contributed by atoms with Crippen LogP contribution in [0.2, 0.25) is 0 Å². The zero-order valence-corrected chi connectivity index (χ0v) is 21.5. The molecule has 0 spiro atoms. The first-order valence-corrected chi connectivity index (χ1v) is 12.7. The minimum atomic E-state index is -0.440. The summed E-state index contributed by atoms with van der Waals surface area (Å²) in [6.45, 7) is 6.18. The van der Waals surface area contributed by atoms with Gasteiger partial charge in [0, 0.05) is 31.9 Å². The Labute approximate surface area is 211 Å². The van der Waals surface area contributed by atoms with Gasteiger partial charge in [-0.05, 0) is 77.4 Å². The van der Waals surface area contributed by atoms with Crippen molar-refractivity contribution in [3.63, 3.8) is 0 Å². The zero-order chi connectivity index (χ0) is 24.2. The normalized spacial score (nSPS) is 17.8. The van der Waals surface area contributed by atoms with E-state index in [4.69, 9.17) is 4.74 Å². The maximum absolute atomic E-state index is 12.9. The molecule has 2 aliphatic rings. The first-order valence-electron chi connectivity index (χ1n) is 11.1. The van der Waals surface area contributed by atoms with Crippen molar-refractivity contribution in [2.24, 2.45) is 0 Å². The molecule has 0 bridgehead atoms. The molecular weight excluding hydrogens is 518 g/mol. The van der Waals surface area contributed by atoms with Crippen molar-refractivity contribution in [2.45, 2.75) is 20.0 Å². The molecule has 0 saturated carbocycles. The number of nitrogens with zero attached hydrogens (tertiary/aromatic N) is 3. The number of carbonyl (C=O) groups excluding carboxylic acids is 3. The molecule has 178 valence electrons. The molecule has 2 fully saturated rings. The van der Waals surface area contributed by atoms with Gasteiger partial charge in [0.1, 0.15) is 12.3 Å². The topological polar surface area (TPSA) is 70.2 Å². The molecular formula is C25H26BrN3O4S. The van der Waals surface area contributed by atoms with Crippen molar-refractivity contribution in [3.05, 3.63) is 63.5 Å². The van der Waals surface area contributed by atoms with Gasteiger partial charge < -0.3 is 14.5 Å². The van der Waals surface area contributed by atoms with Gasteiger partial charge in [-0.1, -0.05) is 24.3 Å². The number of para-hydroxylation sites is 1. The van der Waals surface area contributed by atoms with Crippen molar-refractivity contribution in [2.75, 3.05) is 37.6 Å². The van der Waals surface area contributed by atoms with Gasteiger partial charge in [-0.15, -0.1) is 0 Å². The van der Waals surface area contributed by atoms with Crippen LogP contribution in [0.3, 0.4) is 0 Å². The number of hydrogen-bond acceptors (Lipinski definition) is 6. The monoisotopic (exact) mass is 543 g/mol. The second-order valence-corrected chi connectivity index (χ2v) is 10.2. The minimum Gasteiger partial charge on any atom is -0.490 e. The van der Waals surface area contributed by atoms with Gasteiger partial charge in [0.25, 0.3) is 11.1 Å². The van der Waals surface area contributed by atoms with Crippen LogP contribution in [-0.2, 0) is 9.59 Å². The molecule has 2 aliphatic heterocycles. The number of benzene rings is 2. The van der Waals surface area contributed by atoms with Crippen molar-refractivity contribution < 1.29 is 19.1 Å². The predicted molar refractivity (Wildman–Crippen MR) is 138 cm³/mol. The summed E-state index contributed by atoms with van der Waals surface area (Å²) < 4.78 is 6.47. The summed E-state index contributed by atoms with van der Waals surface area (Å²) in [5.74, 6) is 0.0531. The molecule has 2 aromatic rings. The lowest BCUT2D eigenvalue weighted by Gasteiger charge is -2.36. The summed E-state index contributed by atoms with van der Waals surface area (Å²) in [5.41, 5.74) is 1.89. The Hall–Kier alpha value is -2.78. The summed E-state index contributed by atoms with van der Waals surface area (Å²) in [6, 6.07) is 15.5. The molecule has 0 aromatic heterocycles. The Morgan fingerprint density at radius 3 is 2.44 bits per heavy atom. The molecule has 2 saturated heterocycles. The Balaban J connectivity index is 1.36. The van der Waals surface area contributed by atoms with Gasteiger partial charge in [-0.3, -0.25) is 19.3 Å². The van der Waals surface area contributed by atoms with E-state index in [9.17, 15) is 14.4 Å². The summed E-state index contributed by atoms with van der Waals surface area (Å²) in [5, 5.41) is -0.425. The number of anilines is 1. The third-order valence-corrected chi connectivity index (χ3v) is 7.06. The fraction of sp³-hybridized carbons (Fsp3) is 0.320. The highest BCUT2D eigenvalue weighted by Gasteiger charge is 2.37. The average Bonchev–Trinajstić information content (AvgIpc) is 3.08. The number of thioether (sulfide) groups is 1. The number of ether oxygens (including phenoxy) is 1. The first-order chi connectivity index (χ1) is 16.3. The van der Waals surface area contributed by atoms with Gasteiger partial charge in [-0.25, -0.2) is 0 Å². The molecule has 7 nitrogen and oxygen atoms in total. The van der Waals surface area contributed by atoms with E-state index >= 15 is 0 Å². The maximum Gasteiger partial charge on any atom is 0.294 e. The lowest BCUT2D eigenvalue weighted by Crippen LogP contribution is -2.51. The number of rotatable bonds is 6. The van der Waals surface area contributed by atoms with Crippen LogP contribution in [0.25, 0.3) is 6.08 Å². The standard InChI is InChI=1S/C25H26BrN3O4S/c1-17(2)33-21-9-8-18(14-20(21)26)15-22-24(31)29(25(32)34-22)16-23(30)28-12-10-27(11-13-28)19-6-4-3-5-7-19/h3-9,14-15,17H,10-13,16H2,1-2H3/b22-15+. The largest absolute Gasteiger partial charge is 0.490 e. The van der Waals surface area contributed by atoms with Gasteiger partial charge in [-0.2, -0.15) is 0 Å². The average molecular weight is 544 g/mol. The van der Waals surface area contributed by atoms with E-state index in [-0.39, 0.29) is 18.6 Å². The third-order valence-electron chi connectivity index (χ3n) is 5.54. The van der Waals surface area contributed by atoms with Crippen LogP contribution in [-0.4, -0.2) is 65.7 Å². The van der Waals surface area contributed by atoms with E-state index in [1.165, 1.54) is 0 Å². The van der Waals surface area contributed by atoms with E-state index < -0.39 is 11.1 Å². The van der Waals surface area contributed by atoms with Crippen LogP contribution in [0.4, 0.5) is 10.5 Å². The lowest BCUT2D eigenvalue weighted by atomic mass is 10.2. The Morgan fingerprint density at radius 2 is 1.79 bits per heavy atom. The number of halogens is 1. The molecule has 0 atom stereocenters. The van der Waals surface area contributed by atoms with E-state index in [2.05, 4.69) is 20.8 Å². The van der Waals surface area contributed by atoms with Gasteiger partial charge >= 0.3 is 0 Å². The van der Waals surface area contributed by atoms with E-state index in [1.807, 2.05) is 62.4 Å². The van der Waals surface area contributed by atoms with Crippen LogP contribution in [0, 0.1) is 0 Å². The molecule has 2 heterocycles. The number of carbonyl (C=O) groups is 3. The molecule has 0 aliphatic carbocycles. The molecule has 4 rings (SSSR count). The molecule has 0 radical (unpaired) electrons. The first kappa shape index (κ1) is 24.3. The van der Waals surface area contributed by atoms with Gasteiger partial charge in [0.2, 0.25) is 5.91 Å². The van der Waals surface area contributed by atoms with Gasteiger partial charge in [0.15, 0.2) is 0 Å². The summed E-state index contributed by atoms with van der Waals surface area (Å²) in [4.78, 5) is 43.5. The number of hydrogen-bond donors (Lipinski definition) is 0. The molecule has 9 heteroatoms. The van der Waals surface area contributed by atoms with Crippen LogP contribution in [0.15, 0.2) is 57.9 Å². The minimum absolute atomic E-state index is 0.0394. The summed E-state index contributed by atoms with van der Waals surface area (Å²) in [7, 11) is 0. The smallest absolute Gasteiger partial charge is 0.294 e. The summed E-state index contributed by atoms with van der Waals surface area (Å²) in [6.07, 6.45) is 1.70. The van der Waals surface area contributed by atoms with E-state index in [1.54, 1.807) is 11.0 Å². The number of amides is 3. The molecule has 34 heavy (non-hydrogen) atoms. The van der Waals surface area contributed by atoms with Crippen molar-refractivity contribution in [3.8, 4) is 5.75 Å². The molecule has 3 amide bonds. The maximum atomic E-state index is 12.9. The molecule has 0 unspecified atom stereocenters. The highest BCUT2D eigenvalue weighted by Crippen LogP contribution is 2.34. The Kier molecular flexibility index (Phi) is 7.63. The number of piperazine rings is 1. The SMILES string of the molecule is CC(C)Oc1ccc(/C=C2/SC(=O)N(CC(=O)N3CCN(c4ccccc4)CC3)C2=O)cc1Br. The van der Waals surface area contributed by atoms with Crippen molar-refractivity contribution in [1.29, 1.82) is 0 Å². The van der Waals surface area contributed by atoms with Crippen LogP contribution in [0.1, 0.15) is 19.4 Å². The van der Waals surface area contributed by atoms with E-state index in [0.29, 0.717) is 36.8 Å². The highest BCUT2D eigenvalue weighted by atomic mass is 79.9. The van der Waals surface area contributed by atoms with E-state index in [0.717, 1.165) is 32.4 Å².